The van der Waals surface area contributed by atoms with Gasteiger partial charge >= 0.3 is 0 Å². The van der Waals surface area contributed by atoms with Crippen molar-refractivity contribution in [2.75, 3.05) is 0 Å². The lowest BCUT2D eigenvalue weighted by molar-refractivity contribution is -0.121. The monoisotopic (exact) mass is 346 g/mol. The predicted molar refractivity (Wildman–Crippen MR) is 114 cm³/mol. The molecule has 0 amide bonds. The van der Waals surface area contributed by atoms with E-state index in [1.807, 2.05) is 34.6 Å². The zero-order valence-corrected chi connectivity index (χ0v) is 18.3. The van der Waals surface area contributed by atoms with Crippen LogP contribution in [0.5, 0.6) is 0 Å². The summed E-state index contributed by atoms with van der Waals surface area (Å²) in [6.07, 6.45) is 8.68. The van der Waals surface area contributed by atoms with E-state index in [0.717, 1.165) is 0 Å². The number of hydrogen-bond donors (Lipinski definition) is 0. The second kappa shape index (κ2) is 14.9. The summed E-state index contributed by atoms with van der Waals surface area (Å²) in [6.45, 7) is 18.5. The van der Waals surface area contributed by atoms with Crippen molar-refractivity contribution in [3.8, 4) is 0 Å². The van der Waals surface area contributed by atoms with E-state index in [1.165, 1.54) is 36.8 Å². The maximum absolute atomic E-state index is 11.7. The molecule has 0 unspecified atom stereocenters. The zero-order chi connectivity index (χ0) is 19.9. The standard InChI is InChI=1S/C14H26O.C8H10.C2H6/c1-6-8-12(9-7-2)10-11-13(15)14(3,4)5;1-7-4-3-5-8(2)6-7;1-2/h10-12H,6-9H2,1-5H3;3-6H,1-2H3;1-2H3/b11-10-;;. The average Bonchev–Trinajstić information content (AvgIpc) is 2.54. The maximum atomic E-state index is 11.7. The van der Waals surface area contributed by atoms with E-state index in [4.69, 9.17) is 0 Å². The second-order valence-corrected chi connectivity index (χ2v) is 7.47. The van der Waals surface area contributed by atoms with E-state index in [1.54, 1.807) is 6.08 Å². The summed E-state index contributed by atoms with van der Waals surface area (Å²) >= 11 is 0. The number of allylic oxidation sites excluding steroid dienone is 2. The Morgan fingerprint density at radius 3 is 1.72 bits per heavy atom. The van der Waals surface area contributed by atoms with Crippen molar-refractivity contribution in [3.63, 3.8) is 0 Å². The number of rotatable bonds is 6. The quantitative estimate of drug-likeness (QED) is 0.482. The molecule has 0 heterocycles. The molecule has 1 aromatic rings. The Morgan fingerprint density at radius 2 is 1.44 bits per heavy atom. The smallest absolute Gasteiger partial charge is 0.160 e. The molecule has 0 aliphatic heterocycles. The summed E-state index contributed by atoms with van der Waals surface area (Å²) in [5.41, 5.74) is 2.44. The summed E-state index contributed by atoms with van der Waals surface area (Å²) in [4.78, 5) is 11.7. The van der Waals surface area contributed by atoms with Gasteiger partial charge in [-0.25, -0.2) is 0 Å². The van der Waals surface area contributed by atoms with Crippen LogP contribution in [0, 0.1) is 25.2 Å². The van der Waals surface area contributed by atoms with Crippen molar-refractivity contribution in [1.82, 2.24) is 0 Å². The second-order valence-electron chi connectivity index (χ2n) is 7.47. The zero-order valence-electron chi connectivity index (χ0n) is 18.3. The Bertz CT molecular complexity index is 454. The Kier molecular flexibility index (Phi) is 15.4. The van der Waals surface area contributed by atoms with Gasteiger partial charge in [0, 0.05) is 5.41 Å². The molecule has 0 radical (unpaired) electrons. The molecule has 0 N–H and O–H groups in total. The highest BCUT2D eigenvalue weighted by Crippen LogP contribution is 2.18. The largest absolute Gasteiger partial charge is 0.294 e. The number of carbonyl (C=O) groups is 1. The molecule has 0 saturated carbocycles. The lowest BCUT2D eigenvalue weighted by atomic mass is 9.89. The SMILES string of the molecule is CC.CCCC(/C=C\C(=O)C(C)(C)C)CCC.Cc1cccc(C)c1. The Balaban J connectivity index is 0. The van der Waals surface area contributed by atoms with Crippen LogP contribution >= 0.6 is 0 Å². The van der Waals surface area contributed by atoms with E-state index in [9.17, 15) is 4.79 Å². The highest BCUT2D eigenvalue weighted by molar-refractivity contribution is 5.93. The molecule has 25 heavy (non-hydrogen) atoms. The molecular formula is C24H42O. The normalized spacial score (nSPS) is 10.8. The van der Waals surface area contributed by atoms with Crippen LogP contribution in [0.1, 0.15) is 85.3 Å². The van der Waals surface area contributed by atoms with E-state index in [-0.39, 0.29) is 11.2 Å². The lowest BCUT2D eigenvalue weighted by Crippen LogP contribution is -2.17. The highest BCUT2D eigenvalue weighted by atomic mass is 16.1. The van der Waals surface area contributed by atoms with Crippen molar-refractivity contribution < 1.29 is 4.79 Å². The molecule has 1 aromatic carbocycles. The number of carbonyl (C=O) groups excluding carboxylic acids is 1. The molecule has 1 rings (SSSR count). The molecule has 0 spiro atoms. The molecule has 0 aliphatic carbocycles. The van der Waals surface area contributed by atoms with Gasteiger partial charge in [0.25, 0.3) is 0 Å². The molecule has 1 nitrogen and oxygen atoms in total. The van der Waals surface area contributed by atoms with Gasteiger partial charge in [0.1, 0.15) is 0 Å². The van der Waals surface area contributed by atoms with Crippen molar-refractivity contribution in [1.29, 1.82) is 0 Å². The van der Waals surface area contributed by atoms with Crippen LogP contribution in [0.4, 0.5) is 0 Å². The fourth-order valence-corrected chi connectivity index (χ4v) is 2.36. The van der Waals surface area contributed by atoms with Crippen LogP contribution in [0.2, 0.25) is 0 Å². The summed E-state index contributed by atoms with van der Waals surface area (Å²) < 4.78 is 0. The first-order valence-electron chi connectivity index (χ1n) is 9.96. The van der Waals surface area contributed by atoms with Crippen LogP contribution in [-0.2, 0) is 4.79 Å². The summed E-state index contributed by atoms with van der Waals surface area (Å²) in [5.74, 6) is 0.825. The van der Waals surface area contributed by atoms with Crippen molar-refractivity contribution >= 4 is 5.78 Å². The number of aryl methyl sites for hydroxylation is 2. The first-order valence-corrected chi connectivity index (χ1v) is 9.96. The Morgan fingerprint density at radius 1 is 1.00 bits per heavy atom. The minimum absolute atomic E-state index is 0.236. The van der Waals surface area contributed by atoms with E-state index >= 15 is 0 Å². The predicted octanol–water partition coefficient (Wildman–Crippen LogP) is 7.70. The molecule has 0 atom stereocenters. The van der Waals surface area contributed by atoms with Crippen LogP contribution in [0.25, 0.3) is 0 Å². The van der Waals surface area contributed by atoms with E-state index in [2.05, 4.69) is 58.0 Å². The fraction of sp³-hybridized carbons (Fsp3) is 0.625. The number of ketones is 1. The van der Waals surface area contributed by atoms with Crippen LogP contribution < -0.4 is 0 Å². The third-order valence-electron chi connectivity index (χ3n) is 3.75. The highest BCUT2D eigenvalue weighted by Gasteiger charge is 2.18. The van der Waals surface area contributed by atoms with Gasteiger partial charge in [0.15, 0.2) is 5.78 Å². The fourth-order valence-electron chi connectivity index (χ4n) is 2.36. The molecule has 0 saturated heterocycles. The molecule has 0 aliphatic rings. The minimum atomic E-state index is -0.237. The van der Waals surface area contributed by atoms with Crippen molar-refractivity contribution in [2.45, 2.75) is 88.0 Å². The average molecular weight is 347 g/mol. The van der Waals surface area contributed by atoms with Crippen LogP contribution in [0.3, 0.4) is 0 Å². The minimum Gasteiger partial charge on any atom is -0.294 e. The van der Waals surface area contributed by atoms with Crippen LogP contribution in [0.15, 0.2) is 36.4 Å². The lowest BCUT2D eigenvalue weighted by Gasteiger charge is -2.14. The molecule has 144 valence electrons. The van der Waals surface area contributed by atoms with Gasteiger partial charge in [-0.1, -0.05) is 103 Å². The molecule has 0 aromatic heterocycles. The van der Waals surface area contributed by atoms with Crippen LogP contribution in [-0.4, -0.2) is 5.78 Å². The number of benzene rings is 1. The van der Waals surface area contributed by atoms with Gasteiger partial charge in [0.05, 0.1) is 0 Å². The van der Waals surface area contributed by atoms with Gasteiger partial charge in [0.2, 0.25) is 0 Å². The Hall–Kier alpha value is -1.37. The van der Waals surface area contributed by atoms with Crippen molar-refractivity contribution in [3.05, 3.63) is 47.5 Å². The third kappa shape index (κ3) is 14.7. The third-order valence-corrected chi connectivity index (χ3v) is 3.75. The summed E-state index contributed by atoms with van der Waals surface area (Å²) in [6, 6.07) is 8.45. The van der Waals surface area contributed by atoms with E-state index < -0.39 is 0 Å². The van der Waals surface area contributed by atoms with E-state index in [0.29, 0.717) is 5.92 Å². The van der Waals surface area contributed by atoms with Gasteiger partial charge in [-0.3, -0.25) is 4.79 Å². The summed E-state index contributed by atoms with van der Waals surface area (Å²) in [7, 11) is 0. The molecular weight excluding hydrogens is 304 g/mol. The van der Waals surface area contributed by atoms with Crippen molar-refractivity contribution in [2.24, 2.45) is 11.3 Å². The Labute approximate surface area is 157 Å². The molecule has 0 bridgehead atoms. The van der Waals surface area contributed by atoms with Gasteiger partial charge in [-0.05, 0) is 38.7 Å². The first-order chi connectivity index (χ1) is 11.7. The number of hydrogen-bond acceptors (Lipinski definition) is 1. The van der Waals surface area contributed by atoms with Gasteiger partial charge in [-0.15, -0.1) is 0 Å². The first kappa shape index (κ1) is 25.9. The molecule has 0 fully saturated rings. The topological polar surface area (TPSA) is 17.1 Å². The maximum Gasteiger partial charge on any atom is 0.160 e. The summed E-state index contributed by atoms with van der Waals surface area (Å²) in [5, 5.41) is 0. The molecule has 1 heteroatoms. The van der Waals surface area contributed by atoms with Gasteiger partial charge in [-0.2, -0.15) is 0 Å². The van der Waals surface area contributed by atoms with Gasteiger partial charge < -0.3 is 0 Å².